The number of aliphatic hydroxyl groups is 1. The highest BCUT2D eigenvalue weighted by Gasteiger charge is 2.25. The molecule has 0 amide bonds. The number of ether oxygens (including phenoxy) is 1. The Morgan fingerprint density at radius 3 is 3.00 bits per heavy atom. The average Bonchev–Trinajstić information content (AvgIpc) is 3.03. The minimum Gasteiger partial charge on any atom is -0.472 e. The zero-order chi connectivity index (χ0) is 15.4. The van der Waals surface area contributed by atoms with Gasteiger partial charge in [0.25, 0.3) is 0 Å². The molecule has 1 saturated heterocycles. The van der Waals surface area contributed by atoms with Crippen molar-refractivity contribution in [2.24, 2.45) is 0 Å². The van der Waals surface area contributed by atoms with Gasteiger partial charge < -0.3 is 14.7 Å². The maximum absolute atomic E-state index is 10.8. The Bertz CT molecular complexity index is 646. The first-order valence-corrected chi connectivity index (χ1v) is 7.32. The lowest BCUT2D eigenvalue weighted by atomic mass is 10.1. The van der Waals surface area contributed by atoms with Gasteiger partial charge in [-0.25, -0.2) is 4.98 Å². The van der Waals surface area contributed by atoms with Gasteiger partial charge >= 0.3 is 0 Å². The monoisotopic (exact) mass is 298 g/mol. The van der Waals surface area contributed by atoms with Gasteiger partial charge in [-0.2, -0.15) is 0 Å². The normalized spacial score (nSPS) is 17.5. The van der Waals surface area contributed by atoms with E-state index in [-0.39, 0.29) is 12.7 Å². The molecule has 5 nitrogen and oxygen atoms in total. The molecule has 2 aromatic rings. The van der Waals surface area contributed by atoms with Crippen LogP contribution in [0.5, 0.6) is 5.88 Å². The van der Waals surface area contributed by atoms with Crippen LogP contribution in [0.3, 0.4) is 0 Å². The third kappa shape index (κ3) is 3.09. The topological polar surface area (TPSA) is 62.7 Å². The smallest absolute Gasteiger partial charge is 0.213 e. The SMILES string of the molecule is O=Cc1ccc(N2CCC(Oc3ccccn3)C2)c(CO)c1. The molecular formula is C17H18N2O3. The van der Waals surface area contributed by atoms with E-state index in [1.165, 1.54) is 0 Å². The summed E-state index contributed by atoms with van der Waals surface area (Å²) in [6.45, 7) is 1.51. The van der Waals surface area contributed by atoms with Crippen LogP contribution in [-0.4, -0.2) is 35.6 Å². The average molecular weight is 298 g/mol. The van der Waals surface area contributed by atoms with Gasteiger partial charge in [-0.1, -0.05) is 6.07 Å². The summed E-state index contributed by atoms with van der Waals surface area (Å²) in [6, 6.07) is 11.0. The number of aliphatic hydroxyl groups excluding tert-OH is 1. The number of aldehydes is 1. The van der Waals surface area contributed by atoms with Gasteiger partial charge in [0, 0.05) is 42.0 Å². The summed E-state index contributed by atoms with van der Waals surface area (Å²) in [4.78, 5) is 17.2. The number of pyridine rings is 1. The third-order valence-corrected chi connectivity index (χ3v) is 3.82. The summed E-state index contributed by atoms with van der Waals surface area (Å²) in [5.74, 6) is 0.632. The number of aromatic nitrogens is 1. The molecule has 1 aromatic carbocycles. The Labute approximate surface area is 129 Å². The van der Waals surface area contributed by atoms with E-state index < -0.39 is 0 Å². The zero-order valence-electron chi connectivity index (χ0n) is 12.2. The van der Waals surface area contributed by atoms with Gasteiger partial charge in [0.1, 0.15) is 12.4 Å². The first-order chi connectivity index (χ1) is 10.8. The second kappa shape index (κ2) is 6.58. The van der Waals surface area contributed by atoms with E-state index in [0.717, 1.165) is 37.0 Å². The largest absolute Gasteiger partial charge is 0.472 e. The predicted octanol–water partition coefficient (Wildman–Crippen LogP) is 2.04. The van der Waals surface area contributed by atoms with E-state index in [9.17, 15) is 9.90 Å². The fourth-order valence-electron chi connectivity index (χ4n) is 2.74. The van der Waals surface area contributed by atoms with Gasteiger partial charge in [0.05, 0.1) is 13.2 Å². The third-order valence-electron chi connectivity index (χ3n) is 3.82. The van der Waals surface area contributed by atoms with E-state index in [0.29, 0.717) is 11.4 Å². The molecule has 1 N–H and O–H groups in total. The molecule has 5 heteroatoms. The van der Waals surface area contributed by atoms with Crippen LogP contribution in [0, 0.1) is 0 Å². The Morgan fingerprint density at radius 2 is 2.27 bits per heavy atom. The lowest BCUT2D eigenvalue weighted by Crippen LogP contribution is -2.25. The number of carbonyl (C=O) groups excluding carboxylic acids is 1. The van der Waals surface area contributed by atoms with Crippen LogP contribution < -0.4 is 9.64 Å². The van der Waals surface area contributed by atoms with Gasteiger partial charge in [-0.05, 0) is 24.3 Å². The molecule has 114 valence electrons. The first-order valence-electron chi connectivity index (χ1n) is 7.32. The van der Waals surface area contributed by atoms with E-state index >= 15 is 0 Å². The summed E-state index contributed by atoms with van der Waals surface area (Å²) in [6.07, 6.45) is 3.48. The molecule has 22 heavy (non-hydrogen) atoms. The van der Waals surface area contributed by atoms with Crippen molar-refractivity contribution in [3.8, 4) is 5.88 Å². The molecule has 1 aliphatic heterocycles. The molecule has 1 atom stereocenters. The molecule has 0 aliphatic carbocycles. The molecule has 0 bridgehead atoms. The van der Waals surface area contributed by atoms with Crippen LogP contribution in [-0.2, 0) is 6.61 Å². The highest BCUT2D eigenvalue weighted by atomic mass is 16.5. The zero-order valence-corrected chi connectivity index (χ0v) is 12.2. The summed E-state index contributed by atoms with van der Waals surface area (Å²) in [5.41, 5.74) is 2.30. The Morgan fingerprint density at radius 1 is 1.36 bits per heavy atom. The molecule has 1 aromatic heterocycles. The van der Waals surface area contributed by atoms with Crippen LogP contribution >= 0.6 is 0 Å². The van der Waals surface area contributed by atoms with Crippen molar-refractivity contribution in [3.63, 3.8) is 0 Å². The fourth-order valence-corrected chi connectivity index (χ4v) is 2.74. The molecule has 1 unspecified atom stereocenters. The first kappa shape index (κ1) is 14.5. The second-order valence-corrected chi connectivity index (χ2v) is 5.31. The van der Waals surface area contributed by atoms with Crippen molar-refractivity contribution in [2.45, 2.75) is 19.1 Å². The predicted molar refractivity (Wildman–Crippen MR) is 83.2 cm³/mol. The van der Waals surface area contributed by atoms with Crippen LogP contribution in [0.25, 0.3) is 0 Å². The number of nitrogens with zero attached hydrogens (tertiary/aromatic N) is 2. The maximum Gasteiger partial charge on any atom is 0.213 e. The quantitative estimate of drug-likeness (QED) is 0.856. The minimum atomic E-state index is -0.0840. The van der Waals surface area contributed by atoms with E-state index in [1.807, 2.05) is 24.3 Å². The van der Waals surface area contributed by atoms with Crippen LogP contribution in [0.15, 0.2) is 42.6 Å². The Balaban J connectivity index is 1.71. The number of benzene rings is 1. The minimum absolute atomic E-state index is 0.0761. The van der Waals surface area contributed by atoms with Gasteiger partial charge in [0.2, 0.25) is 5.88 Å². The van der Waals surface area contributed by atoms with Crippen LogP contribution in [0.2, 0.25) is 0 Å². The summed E-state index contributed by atoms with van der Waals surface area (Å²) in [7, 11) is 0. The highest BCUT2D eigenvalue weighted by molar-refractivity contribution is 5.77. The lowest BCUT2D eigenvalue weighted by molar-refractivity contribution is 0.112. The van der Waals surface area contributed by atoms with E-state index in [1.54, 1.807) is 18.3 Å². The van der Waals surface area contributed by atoms with Gasteiger partial charge in [-0.3, -0.25) is 4.79 Å². The molecule has 0 radical (unpaired) electrons. The number of hydrogen-bond acceptors (Lipinski definition) is 5. The molecule has 1 fully saturated rings. The van der Waals surface area contributed by atoms with Crippen molar-refractivity contribution in [1.82, 2.24) is 4.98 Å². The molecule has 2 heterocycles. The van der Waals surface area contributed by atoms with E-state index in [2.05, 4.69) is 9.88 Å². The van der Waals surface area contributed by atoms with Crippen molar-refractivity contribution in [3.05, 3.63) is 53.7 Å². The Hall–Kier alpha value is -2.40. The van der Waals surface area contributed by atoms with Gasteiger partial charge in [-0.15, -0.1) is 0 Å². The standard InChI is InChI=1S/C17H18N2O3/c20-11-13-4-5-16(14(9-13)12-21)19-8-6-15(10-19)22-17-3-1-2-7-18-17/h1-5,7,9,11,15,21H,6,8,10,12H2. The number of carbonyl (C=O) groups is 1. The molecule has 0 saturated carbocycles. The number of anilines is 1. The van der Waals surface area contributed by atoms with Crippen molar-refractivity contribution in [2.75, 3.05) is 18.0 Å². The summed E-state index contributed by atoms with van der Waals surface area (Å²) < 4.78 is 5.87. The van der Waals surface area contributed by atoms with E-state index in [4.69, 9.17) is 4.74 Å². The maximum atomic E-state index is 10.8. The molecule has 1 aliphatic rings. The van der Waals surface area contributed by atoms with Gasteiger partial charge in [0.15, 0.2) is 0 Å². The molecule has 3 rings (SSSR count). The Kier molecular flexibility index (Phi) is 4.34. The molecular weight excluding hydrogens is 280 g/mol. The highest BCUT2D eigenvalue weighted by Crippen LogP contribution is 2.27. The van der Waals surface area contributed by atoms with Crippen molar-refractivity contribution in [1.29, 1.82) is 0 Å². The number of hydrogen-bond donors (Lipinski definition) is 1. The number of rotatable bonds is 5. The lowest BCUT2D eigenvalue weighted by Gasteiger charge is -2.21. The second-order valence-electron chi connectivity index (χ2n) is 5.31. The van der Waals surface area contributed by atoms with Crippen LogP contribution in [0.4, 0.5) is 5.69 Å². The van der Waals surface area contributed by atoms with Crippen LogP contribution in [0.1, 0.15) is 22.3 Å². The summed E-state index contributed by atoms with van der Waals surface area (Å²) in [5, 5.41) is 9.52. The van der Waals surface area contributed by atoms with Crippen molar-refractivity contribution < 1.29 is 14.6 Å². The molecule has 0 spiro atoms. The van der Waals surface area contributed by atoms with Crippen molar-refractivity contribution >= 4 is 12.0 Å². The fraction of sp³-hybridized carbons (Fsp3) is 0.294. The summed E-state index contributed by atoms with van der Waals surface area (Å²) >= 11 is 0.